The third-order valence-corrected chi connectivity index (χ3v) is 2.18. The van der Waals surface area contributed by atoms with E-state index in [1.165, 1.54) is 0 Å². The van der Waals surface area contributed by atoms with Gasteiger partial charge in [0.25, 0.3) is 0 Å². The first-order valence-corrected chi connectivity index (χ1v) is 4.17. The van der Waals surface area contributed by atoms with Gasteiger partial charge in [-0.1, -0.05) is 0 Å². The minimum atomic E-state index is -0.922. The van der Waals surface area contributed by atoms with E-state index in [1.807, 2.05) is 6.07 Å². The van der Waals surface area contributed by atoms with Crippen LogP contribution in [0.25, 0.3) is 0 Å². The van der Waals surface area contributed by atoms with Crippen LogP contribution in [0.5, 0.6) is 0 Å². The van der Waals surface area contributed by atoms with Crippen LogP contribution in [0.4, 0.5) is 0 Å². The van der Waals surface area contributed by atoms with Crippen molar-refractivity contribution in [3.05, 3.63) is 0 Å². The lowest BCUT2D eigenvalue weighted by molar-refractivity contribution is -0.142. The van der Waals surface area contributed by atoms with Crippen molar-refractivity contribution in [2.24, 2.45) is 0 Å². The van der Waals surface area contributed by atoms with Gasteiger partial charge in [0.15, 0.2) is 0 Å². The van der Waals surface area contributed by atoms with Crippen molar-refractivity contribution in [2.75, 3.05) is 13.1 Å². The lowest BCUT2D eigenvalue weighted by Crippen LogP contribution is -2.36. The van der Waals surface area contributed by atoms with Gasteiger partial charge in [0, 0.05) is 25.9 Å². The molecule has 0 radical (unpaired) electrons. The molecule has 1 saturated heterocycles. The summed E-state index contributed by atoms with van der Waals surface area (Å²) in [4.78, 5) is 12.3. The maximum Gasteiger partial charge on any atom is 0.321 e. The predicted molar refractivity (Wildman–Crippen MR) is 43.9 cm³/mol. The molecule has 1 fully saturated rings. The molecule has 0 aliphatic carbocycles. The second kappa shape index (κ2) is 4.21. The van der Waals surface area contributed by atoms with E-state index in [1.54, 1.807) is 4.90 Å². The van der Waals surface area contributed by atoms with Gasteiger partial charge < -0.3 is 10.2 Å². The summed E-state index contributed by atoms with van der Waals surface area (Å²) in [7, 11) is 0. The molecule has 5 nitrogen and oxygen atoms in total. The fourth-order valence-electron chi connectivity index (χ4n) is 1.58. The van der Waals surface area contributed by atoms with E-state index >= 15 is 0 Å². The number of likely N-dealkylation sites (tertiary alicyclic amines) is 1. The second-order valence-electron chi connectivity index (χ2n) is 3.15. The van der Waals surface area contributed by atoms with Gasteiger partial charge in [0.1, 0.15) is 6.04 Å². The van der Waals surface area contributed by atoms with Gasteiger partial charge >= 0.3 is 5.97 Å². The summed E-state index contributed by atoms with van der Waals surface area (Å²) in [6.45, 7) is 0.781. The zero-order valence-electron chi connectivity index (χ0n) is 7.18. The van der Waals surface area contributed by atoms with E-state index in [-0.39, 0.29) is 6.42 Å². The molecule has 1 heterocycles. The summed E-state index contributed by atoms with van der Waals surface area (Å²) < 4.78 is 0. The molecule has 0 amide bonds. The highest BCUT2D eigenvalue weighted by Gasteiger charge is 2.35. The minimum Gasteiger partial charge on any atom is -0.480 e. The van der Waals surface area contributed by atoms with Crippen LogP contribution >= 0.6 is 0 Å². The number of hydrogen-bond donors (Lipinski definition) is 2. The molecule has 0 saturated carbocycles. The molecule has 72 valence electrons. The van der Waals surface area contributed by atoms with Crippen LogP contribution in [0.1, 0.15) is 12.8 Å². The molecule has 0 spiro atoms. The number of nitrogens with zero attached hydrogens (tertiary/aromatic N) is 2. The van der Waals surface area contributed by atoms with Crippen molar-refractivity contribution in [1.29, 1.82) is 5.26 Å². The predicted octanol–water partition coefficient (Wildman–Crippen LogP) is -0.580. The Morgan fingerprint density at radius 1 is 1.69 bits per heavy atom. The molecule has 0 aromatic carbocycles. The summed E-state index contributed by atoms with van der Waals surface area (Å²) in [6.07, 6.45) is -0.00291. The lowest BCUT2D eigenvalue weighted by atomic mass is 10.2. The van der Waals surface area contributed by atoms with Crippen molar-refractivity contribution in [3.8, 4) is 6.07 Å². The van der Waals surface area contributed by atoms with Crippen LogP contribution in [0, 0.1) is 11.3 Å². The Kier molecular flexibility index (Phi) is 3.23. The smallest absolute Gasteiger partial charge is 0.321 e. The van der Waals surface area contributed by atoms with Gasteiger partial charge in [-0.25, -0.2) is 0 Å². The fraction of sp³-hybridized carbons (Fsp3) is 0.750. The number of hydrogen-bond acceptors (Lipinski definition) is 4. The average molecular weight is 184 g/mol. The van der Waals surface area contributed by atoms with E-state index in [9.17, 15) is 9.90 Å². The van der Waals surface area contributed by atoms with Gasteiger partial charge in [-0.3, -0.25) is 9.69 Å². The molecule has 13 heavy (non-hydrogen) atoms. The second-order valence-corrected chi connectivity index (χ2v) is 3.15. The molecule has 0 unspecified atom stereocenters. The molecule has 1 aliphatic heterocycles. The van der Waals surface area contributed by atoms with Crippen molar-refractivity contribution >= 4 is 5.97 Å². The Morgan fingerprint density at radius 2 is 2.38 bits per heavy atom. The highest BCUT2D eigenvalue weighted by molar-refractivity contribution is 5.74. The van der Waals surface area contributed by atoms with Crippen LogP contribution in [-0.2, 0) is 4.79 Å². The average Bonchev–Trinajstić information content (AvgIpc) is 2.43. The minimum absolute atomic E-state index is 0.265. The van der Waals surface area contributed by atoms with E-state index in [0.29, 0.717) is 19.5 Å². The van der Waals surface area contributed by atoms with Crippen molar-refractivity contribution in [1.82, 2.24) is 4.90 Å². The molecule has 2 atom stereocenters. The third-order valence-electron chi connectivity index (χ3n) is 2.18. The molecule has 1 aliphatic rings. The lowest BCUT2D eigenvalue weighted by Gasteiger charge is -2.18. The van der Waals surface area contributed by atoms with Crippen LogP contribution in [-0.4, -0.2) is 46.3 Å². The first-order chi connectivity index (χ1) is 6.15. The number of aliphatic carboxylic acids is 1. The number of aliphatic hydroxyl groups is 1. The van der Waals surface area contributed by atoms with E-state index < -0.39 is 18.1 Å². The van der Waals surface area contributed by atoms with Crippen molar-refractivity contribution < 1.29 is 15.0 Å². The zero-order chi connectivity index (χ0) is 9.84. The maximum atomic E-state index is 10.7. The molecule has 0 aromatic heterocycles. The number of aliphatic hydroxyl groups excluding tert-OH is 1. The standard InChI is InChI=1S/C8H12N2O3/c9-2-1-3-10-5-6(11)4-7(10)8(12)13/h6-7,11H,1,3-5H2,(H,12,13)/t6-,7+/m1/s1. The quantitative estimate of drug-likeness (QED) is 0.613. The van der Waals surface area contributed by atoms with Gasteiger partial charge in [0.2, 0.25) is 0 Å². The van der Waals surface area contributed by atoms with E-state index in [2.05, 4.69) is 0 Å². The van der Waals surface area contributed by atoms with Gasteiger partial charge in [-0.05, 0) is 0 Å². The number of β-amino-alcohol motifs (C(OH)–C–C–N with tert-alkyl or cyclic N) is 1. The molecule has 0 bridgehead atoms. The fourth-order valence-corrected chi connectivity index (χ4v) is 1.58. The summed E-state index contributed by atoms with van der Waals surface area (Å²) in [5.41, 5.74) is 0. The van der Waals surface area contributed by atoms with Crippen molar-refractivity contribution in [2.45, 2.75) is 25.0 Å². The number of carbonyl (C=O) groups is 1. The van der Waals surface area contributed by atoms with Crippen LogP contribution in [0.3, 0.4) is 0 Å². The molecular weight excluding hydrogens is 172 g/mol. The Bertz CT molecular complexity index is 236. The van der Waals surface area contributed by atoms with Gasteiger partial charge in [0.05, 0.1) is 12.2 Å². The summed E-state index contributed by atoms with van der Waals surface area (Å²) >= 11 is 0. The largest absolute Gasteiger partial charge is 0.480 e. The molecule has 2 N–H and O–H groups in total. The topological polar surface area (TPSA) is 84.6 Å². The summed E-state index contributed by atoms with van der Waals surface area (Å²) in [5.74, 6) is -0.922. The number of nitriles is 1. The Morgan fingerprint density at radius 3 is 2.92 bits per heavy atom. The first kappa shape index (κ1) is 9.96. The van der Waals surface area contributed by atoms with Crippen LogP contribution in [0.15, 0.2) is 0 Å². The number of carboxylic acid groups (broad SMARTS) is 1. The van der Waals surface area contributed by atoms with Gasteiger partial charge in [-0.15, -0.1) is 0 Å². The van der Waals surface area contributed by atoms with E-state index in [4.69, 9.17) is 10.4 Å². The first-order valence-electron chi connectivity index (χ1n) is 4.17. The maximum absolute atomic E-state index is 10.7. The SMILES string of the molecule is N#CCCN1C[C@H](O)C[C@H]1C(=O)O. The third kappa shape index (κ3) is 2.41. The molecule has 5 heteroatoms. The summed E-state index contributed by atoms with van der Waals surface area (Å²) in [6, 6.07) is 1.33. The molecule has 1 rings (SSSR count). The number of rotatable bonds is 3. The monoisotopic (exact) mass is 184 g/mol. The Balaban J connectivity index is 2.51. The Labute approximate surface area is 76.2 Å². The van der Waals surface area contributed by atoms with E-state index in [0.717, 1.165) is 0 Å². The van der Waals surface area contributed by atoms with Crippen molar-refractivity contribution in [3.63, 3.8) is 0 Å². The summed E-state index contributed by atoms with van der Waals surface area (Å²) in [5, 5.41) is 26.3. The van der Waals surface area contributed by atoms with Crippen LogP contribution in [0.2, 0.25) is 0 Å². The highest BCUT2D eigenvalue weighted by atomic mass is 16.4. The molecule has 0 aromatic rings. The van der Waals surface area contributed by atoms with Gasteiger partial charge in [-0.2, -0.15) is 5.26 Å². The normalized spacial score (nSPS) is 28.6. The zero-order valence-corrected chi connectivity index (χ0v) is 7.18. The Hall–Kier alpha value is -1.12. The van der Waals surface area contributed by atoms with Crippen LogP contribution < -0.4 is 0 Å². The highest BCUT2D eigenvalue weighted by Crippen LogP contribution is 2.17. The number of carboxylic acids is 1. The molecular formula is C8H12N2O3.